The summed E-state index contributed by atoms with van der Waals surface area (Å²) in [5.41, 5.74) is 2.21. The van der Waals surface area contributed by atoms with Gasteiger partial charge in [-0.1, -0.05) is 12.1 Å². The van der Waals surface area contributed by atoms with E-state index in [1.54, 1.807) is 30.5 Å². The Labute approximate surface area is 161 Å². The van der Waals surface area contributed by atoms with Crippen LogP contribution in [0.4, 0.5) is 13.2 Å². The van der Waals surface area contributed by atoms with Gasteiger partial charge in [-0.2, -0.15) is 0 Å². The van der Waals surface area contributed by atoms with Crippen molar-refractivity contribution in [2.75, 3.05) is 13.1 Å². The number of aromatic nitrogens is 1. The standard InChI is InChI=1S/C20H22F3N3O2/c1-14-18(3-2-10-24-14)19(27)25-16-8-11-26(12-9-16)13-15-4-6-17(7-5-15)28-20(21,22)23/h2-7,10,16H,8-9,11-13H2,1H3,(H,25,27). The van der Waals surface area contributed by atoms with Crippen LogP contribution in [0.5, 0.6) is 5.75 Å². The molecule has 1 N–H and O–H groups in total. The highest BCUT2D eigenvalue weighted by atomic mass is 19.4. The van der Waals surface area contributed by atoms with Crippen molar-refractivity contribution in [1.82, 2.24) is 15.2 Å². The number of alkyl halides is 3. The quantitative estimate of drug-likeness (QED) is 0.842. The highest BCUT2D eigenvalue weighted by molar-refractivity contribution is 5.95. The van der Waals surface area contributed by atoms with Gasteiger partial charge in [0.1, 0.15) is 5.75 Å². The van der Waals surface area contributed by atoms with Crippen LogP contribution in [-0.2, 0) is 6.54 Å². The molecule has 0 aliphatic carbocycles. The number of benzene rings is 1. The summed E-state index contributed by atoms with van der Waals surface area (Å²) in [5.74, 6) is -0.326. The summed E-state index contributed by atoms with van der Waals surface area (Å²) in [6.07, 6.45) is -1.38. The number of ether oxygens (including phenoxy) is 1. The number of hydrogen-bond donors (Lipinski definition) is 1. The number of hydrogen-bond acceptors (Lipinski definition) is 4. The summed E-state index contributed by atoms with van der Waals surface area (Å²) in [6, 6.07) is 9.54. The Morgan fingerprint density at radius 3 is 2.50 bits per heavy atom. The number of likely N-dealkylation sites (tertiary alicyclic amines) is 1. The zero-order valence-electron chi connectivity index (χ0n) is 15.5. The minimum absolute atomic E-state index is 0.103. The van der Waals surface area contributed by atoms with Crippen LogP contribution in [0.15, 0.2) is 42.6 Å². The summed E-state index contributed by atoms with van der Waals surface area (Å²) in [7, 11) is 0. The molecule has 0 radical (unpaired) electrons. The molecule has 1 aromatic carbocycles. The normalized spacial score (nSPS) is 16.0. The molecule has 1 saturated heterocycles. The molecule has 0 saturated carbocycles. The predicted molar refractivity (Wildman–Crippen MR) is 97.9 cm³/mol. The number of amides is 1. The Balaban J connectivity index is 1.46. The SMILES string of the molecule is Cc1ncccc1C(=O)NC1CCN(Cc2ccc(OC(F)(F)F)cc2)CC1. The van der Waals surface area contributed by atoms with Gasteiger partial charge in [-0.3, -0.25) is 14.7 Å². The van der Waals surface area contributed by atoms with E-state index in [0.29, 0.717) is 17.8 Å². The number of halogens is 3. The van der Waals surface area contributed by atoms with Gasteiger partial charge in [0.15, 0.2) is 0 Å². The topological polar surface area (TPSA) is 54.5 Å². The molecule has 150 valence electrons. The van der Waals surface area contributed by atoms with Crippen LogP contribution in [0.1, 0.15) is 34.5 Å². The van der Waals surface area contributed by atoms with Gasteiger partial charge >= 0.3 is 6.36 Å². The minimum atomic E-state index is -4.68. The molecule has 0 bridgehead atoms. The summed E-state index contributed by atoms with van der Waals surface area (Å²) >= 11 is 0. The molecule has 1 fully saturated rings. The van der Waals surface area contributed by atoms with Gasteiger partial charge < -0.3 is 10.1 Å². The first-order chi connectivity index (χ1) is 13.3. The van der Waals surface area contributed by atoms with Crippen molar-refractivity contribution in [2.24, 2.45) is 0 Å². The van der Waals surface area contributed by atoms with E-state index >= 15 is 0 Å². The number of carbonyl (C=O) groups is 1. The van der Waals surface area contributed by atoms with Crippen LogP contribution in [0.3, 0.4) is 0 Å². The lowest BCUT2D eigenvalue weighted by Gasteiger charge is -2.32. The summed E-state index contributed by atoms with van der Waals surface area (Å²) in [6.45, 7) is 4.06. The fourth-order valence-electron chi connectivity index (χ4n) is 3.28. The van der Waals surface area contributed by atoms with Gasteiger partial charge in [-0.05, 0) is 49.6 Å². The Kier molecular flexibility index (Phi) is 6.18. The van der Waals surface area contributed by atoms with Crippen molar-refractivity contribution in [3.63, 3.8) is 0 Å². The fraction of sp³-hybridized carbons (Fsp3) is 0.400. The number of aryl methyl sites for hydroxylation is 1. The van der Waals surface area contributed by atoms with Gasteiger partial charge in [-0.25, -0.2) is 0 Å². The Morgan fingerprint density at radius 2 is 1.89 bits per heavy atom. The van der Waals surface area contributed by atoms with Crippen molar-refractivity contribution in [1.29, 1.82) is 0 Å². The average molecular weight is 393 g/mol. The first kappa shape index (κ1) is 20.1. The van der Waals surface area contributed by atoms with Crippen molar-refractivity contribution >= 4 is 5.91 Å². The average Bonchev–Trinajstić information content (AvgIpc) is 2.64. The lowest BCUT2D eigenvalue weighted by molar-refractivity contribution is -0.274. The number of pyridine rings is 1. The van der Waals surface area contributed by atoms with Crippen LogP contribution in [0.2, 0.25) is 0 Å². The summed E-state index contributed by atoms with van der Waals surface area (Å²) in [4.78, 5) is 18.7. The van der Waals surface area contributed by atoms with E-state index in [2.05, 4.69) is 19.9 Å². The first-order valence-electron chi connectivity index (χ1n) is 9.10. The van der Waals surface area contributed by atoms with Crippen LogP contribution >= 0.6 is 0 Å². The zero-order valence-corrected chi connectivity index (χ0v) is 15.5. The molecule has 28 heavy (non-hydrogen) atoms. The molecule has 1 aliphatic heterocycles. The molecule has 8 heteroatoms. The maximum atomic E-state index is 12.4. The molecule has 0 unspecified atom stereocenters. The van der Waals surface area contributed by atoms with Crippen LogP contribution in [-0.4, -0.2) is 41.3 Å². The van der Waals surface area contributed by atoms with Crippen molar-refractivity contribution < 1.29 is 22.7 Å². The molecular formula is C20H22F3N3O2. The second kappa shape index (κ2) is 8.60. The molecule has 5 nitrogen and oxygen atoms in total. The Bertz CT molecular complexity index is 801. The maximum Gasteiger partial charge on any atom is 0.573 e. The lowest BCUT2D eigenvalue weighted by atomic mass is 10.0. The van der Waals surface area contributed by atoms with E-state index in [-0.39, 0.29) is 17.7 Å². The van der Waals surface area contributed by atoms with E-state index in [9.17, 15) is 18.0 Å². The molecule has 0 atom stereocenters. The van der Waals surface area contributed by atoms with Gasteiger partial charge in [0, 0.05) is 37.6 Å². The van der Waals surface area contributed by atoms with E-state index < -0.39 is 6.36 Å². The molecule has 2 aromatic rings. The first-order valence-corrected chi connectivity index (χ1v) is 9.10. The third kappa shape index (κ3) is 5.69. The van der Waals surface area contributed by atoms with Gasteiger partial charge in [-0.15, -0.1) is 13.2 Å². The van der Waals surface area contributed by atoms with E-state index in [1.165, 1.54) is 12.1 Å². The number of nitrogens with zero attached hydrogens (tertiary/aromatic N) is 2. The van der Waals surface area contributed by atoms with Gasteiger partial charge in [0.2, 0.25) is 0 Å². The van der Waals surface area contributed by atoms with Crippen LogP contribution < -0.4 is 10.1 Å². The van der Waals surface area contributed by atoms with Crippen molar-refractivity contribution in [2.45, 2.75) is 38.7 Å². The van der Waals surface area contributed by atoms with Crippen LogP contribution in [0.25, 0.3) is 0 Å². The van der Waals surface area contributed by atoms with Gasteiger partial charge in [0.25, 0.3) is 5.91 Å². The lowest BCUT2D eigenvalue weighted by Crippen LogP contribution is -2.44. The second-order valence-corrected chi connectivity index (χ2v) is 6.85. The maximum absolute atomic E-state index is 12.4. The Hall–Kier alpha value is -2.61. The Morgan fingerprint density at radius 1 is 1.21 bits per heavy atom. The predicted octanol–water partition coefficient (Wildman–Crippen LogP) is 3.68. The van der Waals surface area contributed by atoms with Crippen molar-refractivity contribution in [3.8, 4) is 5.75 Å². The molecular weight excluding hydrogens is 371 g/mol. The smallest absolute Gasteiger partial charge is 0.406 e. The summed E-state index contributed by atoms with van der Waals surface area (Å²) in [5, 5.41) is 3.06. The number of piperidine rings is 1. The monoisotopic (exact) mass is 393 g/mol. The highest BCUT2D eigenvalue weighted by Crippen LogP contribution is 2.23. The highest BCUT2D eigenvalue weighted by Gasteiger charge is 2.31. The molecule has 1 aromatic heterocycles. The van der Waals surface area contributed by atoms with Crippen LogP contribution in [0, 0.1) is 6.92 Å². The molecule has 1 amide bonds. The van der Waals surface area contributed by atoms with Crippen molar-refractivity contribution in [3.05, 3.63) is 59.4 Å². The largest absolute Gasteiger partial charge is 0.573 e. The van der Waals surface area contributed by atoms with Gasteiger partial charge in [0.05, 0.1) is 5.56 Å². The number of carbonyl (C=O) groups excluding carboxylic acids is 1. The second-order valence-electron chi connectivity index (χ2n) is 6.85. The minimum Gasteiger partial charge on any atom is -0.406 e. The third-order valence-corrected chi connectivity index (χ3v) is 4.74. The summed E-state index contributed by atoms with van der Waals surface area (Å²) < 4.78 is 40.5. The fourth-order valence-corrected chi connectivity index (χ4v) is 3.28. The third-order valence-electron chi connectivity index (χ3n) is 4.74. The van der Waals surface area contributed by atoms with E-state index in [0.717, 1.165) is 31.5 Å². The number of nitrogens with one attached hydrogen (secondary N) is 1. The van der Waals surface area contributed by atoms with E-state index in [4.69, 9.17) is 0 Å². The molecule has 2 heterocycles. The number of rotatable bonds is 5. The molecule has 0 spiro atoms. The molecule has 1 aliphatic rings. The molecule has 3 rings (SSSR count). The van der Waals surface area contributed by atoms with E-state index in [1.807, 2.05) is 6.92 Å². The zero-order chi connectivity index (χ0) is 20.1.